The molecule has 3 aromatic rings. The Morgan fingerprint density at radius 1 is 1.09 bits per heavy atom. The van der Waals surface area contributed by atoms with E-state index in [0.717, 1.165) is 23.3 Å². The number of carbonyl (C=O) groups excluding carboxylic acids is 1. The first-order valence-corrected chi connectivity index (χ1v) is 12.2. The fourth-order valence-corrected chi connectivity index (χ4v) is 4.66. The van der Waals surface area contributed by atoms with E-state index in [1.54, 1.807) is 23.8 Å². The highest BCUT2D eigenvalue weighted by molar-refractivity contribution is 7.99. The smallest absolute Gasteiger partial charge is 0.247 e. The van der Waals surface area contributed by atoms with Gasteiger partial charge >= 0.3 is 0 Å². The molecule has 4 rings (SSSR count). The minimum atomic E-state index is -0.764. The molecule has 7 nitrogen and oxygen atoms in total. The first-order chi connectivity index (χ1) is 16.1. The van der Waals surface area contributed by atoms with Gasteiger partial charge in [-0.3, -0.25) is 9.69 Å². The van der Waals surface area contributed by atoms with Gasteiger partial charge in [0.15, 0.2) is 5.69 Å². The molecule has 8 heteroatoms. The Kier molecular flexibility index (Phi) is 7.44. The summed E-state index contributed by atoms with van der Waals surface area (Å²) in [6, 6.07) is 15.1. The molecule has 1 unspecified atom stereocenters. The predicted octanol–water partition coefficient (Wildman–Crippen LogP) is 5.66. The SMILES string of the molecule is CCCCCCSc1nnc2c(n1)OC(c1ccccc1OC)N(C(C)=O)c1ccccc1-2. The third kappa shape index (κ3) is 4.95. The number of carbonyl (C=O) groups is 1. The van der Waals surface area contributed by atoms with Crippen LogP contribution in [0.1, 0.15) is 51.3 Å². The molecule has 0 fully saturated rings. The maximum atomic E-state index is 12.9. The molecule has 0 spiro atoms. The average Bonchev–Trinajstić information content (AvgIpc) is 2.98. The number of ether oxygens (including phenoxy) is 2. The zero-order chi connectivity index (χ0) is 23.2. The number of unbranched alkanes of at least 4 members (excludes halogenated alkanes) is 3. The number of anilines is 1. The minimum absolute atomic E-state index is 0.162. The highest BCUT2D eigenvalue weighted by Crippen LogP contribution is 2.44. The Labute approximate surface area is 198 Å². The summed E-state index contributed by atoms with van der Waals surface area (Å²) in [5.41, 5.74) is 2.69. The number of hydrogen-bond acceptors (Lipinski definition) is 7. The molecule has 0 aliphatic carbocycles. The standard InChI is InChI=1S/C25H28N4O3S/c1-4-5-6-11-16-33-25-26-23-22(27-28-25)18-12-7-9-14-20(18)29(17(2)30)24(32-23)19-13-8-10-15-21(19)31-3/h7-10,12-15,24H,4-6,11,16H2,1-3H3. The van der Waals surface area contributed by atoms with E-state index in [0.29, 0.717) is 28.2 Å². The van der Waals surface area contributed by atoms with E-state index in [2.05, 4.69) is 17.1 Å². The summed E-state index contributed by atoms with van der Waals surface area (Å²) in [7, 11) is 1.60. The maximum absolute atomic E-state index is 12.9. The highest BCUT2D eigenvalue weighted by Gasteiger charge is 2.35. The molecule has 0 bridgehead atoms. The largest absolute Gasteiger partial charge is 0.496 e. The molecule has 0 radical (unpaired) electrons. The van der Waals surface area contributed by atoms with Gasteiger partial charge in [0.05, 0.1) is 18.4 Å². The van der Waals surface area contributed by atoms with Gasteiger partial charge in [0.1, 0.15) is 5.75 Å². The third-order valence-electron chi connectivity index (χ3n) is 5.49. The Morgan fingerprint density at radius 3 is 2.67 bits per heavy atom. The van der Waals surface area contributed by atoms with Crippen molar-refractivity contribution >= 4 is 23.4 Å². The fraction of sp³-hybridized carbons (Fsp3) is 0.360. The second-order valence-corrected chi connectivity index (χ2v) is 8.84. The number of nitrogens with zero attached hydrogens (tertiary/aromatic N) is 4. The predicted molar refractivity (Wildman–Crippen MR) is 130 cm³/mol. The van der Waals surface area contributed by atoms with Gasteiger partial charge in [0.25, 0.3) is 0 Å². The van der Waals surface area contributed by atoms with Gasteiger partial charge in [-0.1, -0.05) is 68.3 Å². The van der Waals surface area contributed by atoms with Gasteiger partial charge < -0.3 is 9.47 Å². The van der Waals surface area contributed by atoms with E-state index >= 15 is 0 Å². The average molecular weight is 465 g/mol. The molecule has 1 amide bonds. The number of benzene rings is 2. The van der Waals surface area contributed by atoms with E-state index in [4.69, 9.17) is 14.5 Å². The summed E-state index contributed by atoms with van der Waals surface area (Å²) in [4.78, 5) is 19.2. The lowest BCUT2D eigenvalue weighted by molar-refractivity contribution is -0.118. The second kappa shape index (κ2) is 10.7. The highest BCUT2D eigenvalue weighted by atomic mass is 32.2. The van der Waals surface area contributed by atoms with Crippen molar-refractivity contribution in [3.05, 3.63) is 54.1 Å². The Balaban J connectivity index is 1.77. The number of para-hydroxylation sites is 2. The number of methoxy groups -OCH3 is 1. The van der Waals surface area contributed by atoms with Crippen molar-refractivity contribution in [3.8, 4) is 22.9 Å². The van der Waals surface area contributed by atoms with E-state index in [1.165, 1.54) is 26.2 Å². The van der Waals surface area contributed by atoms with E-state index in [1.807, 2.05) is 48.5 Å². The number of thioether (sulfide) groups is 1. The van der Waals surface area contributed by atoms with Crippen LogP contribution in [0.15, 0.2) is 53.7 Å². The van der Waals surface area contributed by atoms with Crippen LogP contribution < -0.4 is 14.4 Å². The fourth-order valence-electron chi connectivity index (χ4n) is 3.88. The van der Waals surface area contributed by atoms with Crippen LogP contribution in [0.3, 0.4) is 0 Å². The van der Waals surface area contributed by atoms with Crippen LogP contribution in [0.25, 0.3) is 11.3 Å². The van der Waals surface area contributed by atoms with Gasteiger partial charge in [-0.05, 0) is 24.6 Å². The zero-order valence-corrected chi connectivity index (χ0v) is 20.0. The molecule has 1 aromatic heterocycles. The van der Waals surface area contributed by atoms with Crippen molar-refractivity contribution in [3.63, 3.8) is 0 Å². The van der Waals surface area contributed by atoms with Gasteiger partial charge in [0.2, 0.25) is 23.2 Å². The van der Waals surface area contributed by atoms with Crippen LogP contribution in [-0.2, 0) is 4.79 Å². The van der Waals surface area contributed by atoms with Gasteiger partial charge in [-0.25, -0.2) is 0 Å². The Bertz CT molecular complexity index is 1120. The molecule has 0 saturated heterocycles. The van der Waals surface area contributed by atoms with E-state index in [-0.39, 0.29) is 5.91 Å². The lowest BCUT2D eigenvalue weighted by Crippen LogP contribution is -2.36. The van der Waals surface area contributed by atoms with Crippen LogP contribution in [0, 0.1) is 0 Å². The summed E-state index contributed by atoms with van der Waals surface area (Å²) in [6.45, 7) is 3.72. The topological polar surface area (TPSA) is 77.4 Å². The first-order valence-electron chi connectivity index (χ1n) is 11.2. The molecule has 2 heterocycles. The number of rotatable bonds is 8. The second-order valence-electron chi connectivity index (χ2n) is 7.78. The quantitative estimate of drug-likeness (QED) is 0.314. The van der Waals surface area contributed by atoms with E-state index in [9.17, 15) is 4.79 Å². The normalized spacial score (nSPS) is 14.6. The monoisotopic (exact) mass is 464 g/mol. The third-order valence-corrected chi connectivity index (χ3v) is 6.41. The van der Waals surface area contributed by atoms with Crippen molar-refractivity contribution in [1.29, 1.82) is 0 Å². The lowest BCUT2D eigenvalue weighted by Gasteiger charge is -2.30. The van der Waals surface area contributed by atoms with Crippen LogP contribution in [0.5, 0.6) is 11.6 Å². The maximum Gasteiger partial charge on any atom is 0.247 e. The van der Waals surface area contributed by atoms with Crippen molar-refractivity contribution in [2.24, 2.45) is 0 Å². The molecule has 0 saturated carbocycles. The zero-order valence-electron chi connectivity index (χ0n) is 19.2. The lowest BCUT2D eigenvalue weighted by atomic mass is 10.1. The summed E-state index contributed by atoms with van der Waals surface area (Å²) >= 11 is 1.57. The summed E-state index contributed by atoms with van der Waals surface area (Å²) in [6.07, 6.45) is 3.96. The van der Waals surface area contributed by atoms with Crippen molar-refractivity contribution < 1.29 is 14.3 Å². The molecule has 33 heavy (non-hydrogen) atoms. The number of amides is 1. The van der Waals surface area contributed by atoms with Crippen LogP contribution >= 0.6 is 11.8 Å². The number of fused-ring (bicyclic) bond motifs is 3. The molecule has 1 aliphatic rings. The number of aromatic nitrogens is 3. The molecule has 1 atom stereocenters. The Morgan fingerprint density at radius 2 is 1.88 bits per heavy atom. The molecule has 172 valence electrons. The minimum Gasteiger partial charge on any atom is -0.496 e. The number of hydrogen-bond donors (Lipinski definition) is 0. The van der Waals surface area contributed by atoms with Crippen molar-refractivity contribution in [2.45, 2.75) is 50.9 Å². The summed E-state index contributed by atoms with van der Waals surface area (Å²) < 4.78 is 12.0. The van der Waals surface area contributed by atoms with Crippen LogP contribution in [-0.4, -0.2) is 34.0 Å². The molecule has 2 aromatic carbocycles. The van der Waals surface area contributed by atoms with Crippen LogP contribution in [0.2, 0.25) is 0 Å². The molecular formula is C25H28N4O3S. The molecule has 1 aliphatic heterocycles. The van der Waals surface area contributed by atoms with Crippen LogP contribution in [0.4, 0.5) is 5.69 Å². The van der Waals surface area contributed by atoms with Crippen molar-refractivity contribution in [2.75, 3.05) is 17.8 Å². The summed E-state index contributed by atoms with van der Waals surface area (Å²) in [5.74, 6) is 1.74. The van der Waals surface area contributed by atoms with Gasteiger partial charge in [-0.15, -0.1) is 10.2 Å². The van der Waals surface area contributed by atoms with Crippen molar-refractivity contribution in [1.82, 2.24) is 15.2 Å². The van der Waals surface area contributed by atoms with E-state index < -0.39 is 6.23 Å². The molecular weight excluding hydrogens is 436 g/mol. The first kappa shape index (κ1) is 23.0. The Hall–Kier alpha value is -3.13. The molecule has 0 N–H and O–H groups in total. The van der Waals surface area contributed by atoms with Gasteiger partial charge in [-0.2, -0.15) is 4.98 Å². The van der Waals surface area contributed by atoms with Gasteiger partial charge in [0, 0.05) is 18.2 Å². The summed E-state index contributed by atoms with van der Waals surface area (Å²) in [5, 5.41) is 9.39.